The summed E-state index contributed by atoms with van der Waals surface area (Å²) in [4.78, 5) is 34.2. The van der Waals surface area contributed by atoms with Crippen LogP contribution in [0.1, 0.15) is 110 Å². The fraction of sp³-hybridized carbons (Fsp3) is 0.783. The van der Waals surface area contributed by atoms with E-state index in [1.54, 1.807) is 0 Å². The van der Waals surface area contributed by atoms with Gasteiger partial charge in [0.2, 0.25) is 0 Å². The highest BCUT2D eigenvalue weighted by molar-refractivity contribution is 5.82. The summed E-state index contributed by atoms with van der Waals surface area (Å²) in [6.07, 6.45) is 12.2. The zero-order valence-corrected chi connectivity index (χ0v) is 18.0. The van der Waals surface area contributed by atoms with Crippen molar-refractivity contribution in [2.45, 2.75) is 116 Å². The second-order valence-corrected chi connectivity index (χ2v) is 7.81. The first-order valence-corrected chi connectivity index (χ1v) is 10.9. The number of carbonyl (C=O) groups excluding carboxylic acids is 2. The Bertz CT molecular complexity index is 470. The zero-order chi connectivity index (χ0) is 21.2. The molecule has 0 rings (SSSR count). The Labute approximate surface area is 170 Å². The molecular weight excluding hydrogens is 356 g/mol. The topological polar surface area (TPSA) is 80.7 Å². The van der Waals surface area contributed by atoms with Crippen LogP contribution in [0.2, 0.25) is 0 Å². The first kappa shape index (κ1) is 26.4. The summed E-state index contributed by atoms with van der Waals surface area (Å²) in [5.41, 5.74) is 0.638. The lowest BCUT2D eigenvalue weighted by Crippen LogP contribution is -2.15. The molecular formula is C23H40O5. The molecule has 1 atom stereocenters. The standard InChI is InChI=1S/C23H40O5/c1-4-5-14-20(3)28-23(27)18-19(2)17-21(24)15-12-10-8-6-7-9-11-13-16-22(25)26/h20H,2,4-18H2,1,3H3,(H,25,26). The molecule has 0 radical (unpaired) electrons. The maximum Gasteiger partial charge on any atom is 0.310 e. The number of carboxylic acid groups (broad SMARTS) is 1. The van der Waals surface area contributed by atoms with E-state index < -0.39 is 5.97 Å². The van der Waals surface area contributed by atoms with E-state index >= 15 is 0 Å². The number of aliphatic carboxylic acids is 1. The molecule has 0 aromatic rings. The van der Waals surface area contributed by atoms with Gasteiger partial charge in [0.05, 0.1) is 12.5 Å². The van der Waals surface area contributed by atoms with E-state index in [4.69, 9.17) is 9.84 Å². The van der Waals surface area contributed by atoms with Crippen molar-refractivity contribution in [3.05, 3.63) is 12.2 Å². The summed E-state index contributed by atoms with van der Waals surface area (Å²) >= 11 is 0. The highest BCUT2D eigenvalue weighted by atomic mass is 16.5. The Balaban J connectivity index is 3.61. The van der Waals surface area contributed by atoms with Crippen LogP contribution in [0.15, 0.2) is 12.2 Å². The summed E-state index contributed by atoms with van der Waals surface area (Å²) in [5.74, 6) is -0.860. The monoisotopic (exact) mass is 396 g/mol. The number of carbonyl (C=O) groups is 3. The summed E-state index contributed by atoms with van der Waals surface area (Å²) < 4.78 is 5.34. The van der Waals surface area contributed by atoms with Gasteiger partial charge in [0, 0.05) is 19.3 Å². The van der Waals surface area contributed by atoms with Crippen LogP contribution in [0, 0.1) is 0 Å². The number of rotatable bonds is 19. The lowest BCUT2D eigenvalue weighted by molar-refractivity contribution is -0.147. The van der Waals surface area contributed by atoms with Gasteiger partial charge in [-0.15, -0.1) is 0 Å². The predicted octanol–water partition coefficient (Wildman–Crippen LogP) is 6.00. The molecule has 0 aromatic heterocycles. The minimum Gasteiger partial charge on any atom is -0.481 e. The van der Waals surface area contributed by atoms with Crippen molar-refractivity contribution in [3.63, 3.8) is 0 Å². The maximum absolute atomic E-state index is 12.0. The highest BCUT2D eigenvalue weighted by Crippen LogP contribution is 2.14. The first-order chi connectivity index (χ1) is 13.3. The van der Waals surface area contributed by atoms with Gasteiger partial charge in [-0.2, -0.15) is 0 Å². The van der Waals surface area contributed by atoms with Gasteiger partial charge in [0.25, 0.3) is 0 Å². The molecule has 0 heterocycles. The average Bonchev–Trinajstić information content (AvgIpc) is 2.60. The summed E-state index contributed by atoms with van der Waals surface area (Å²) in [6.45, 7) is 7.85. The molecule has 1 unspecified atom stereocenters. The van der Waals surface area contributed by atoms with Crippen LogP contribution in [0.25, 0.3) is 0 Å². The second-order valence-electron chi connectivity index (χ2n) is 7.81. The van der Waals surface area contributed by atoms with Gasteiger partial charge in [-0.1, -0.05) is 70.4 Å². The molecule has 0 aromatic carbocycles. The van der Waals surface area contributed by atoms with E-state index in [0.29, 0.717) is 12.0 Å². The molecule has 5 nitrogen and oxygen atoms in total. The Kier molecular flexibility index (Phi) is 16.4. The van der Waals surface area contributed by atoms with Crippen molar-refractivity contribution in [1.29, 1.82) is 0 Å². The fourth-order valence-corrected chi connectivity index (χ4v) is 3.11. The van der Waals surface area contributed by atoms with Gasteiger partial charge >= 0.3 is 11.9 Å². The van der Waals surface area contributed by atoms with E-state index in [9.17, 15) is 14.4 Å². The number of ether oxygens (including phenoxy) is 1. The molecule has 0 aliphatic heterocycles. The van der Waals surface area contributed by atoms with Gasteiger partial charge < -0.3 is 9.84 Å². The van der Waals surface area contributed by atoms with Gasteiger partial charge in [-0.25, -0.2) is 0 Å². The van der Waals surface area contributed by atoms with Crippen LogP contribution >= 0.6 is 0 Å². The van der Waals surface area contributed by atoms with Crippen LogP contribution in [0.5, 0.6) is 0 Å². The smallest absolute Gasteiger partial charge is 0.310 e. The highest BCUT2D eigenvalue weighted by Gasteiger charge is 2.13. The third-order valence-corrected chi connectivity index (χ3v) is 4.73. The molecule has 0 saturated carbocycles. The van der Waals surface area contributed by atoms with Crippen LogP contribution in [0.4, 0.5) is 0 Å². The molecule has 162 valence electrons. The van der Waals surface area contributed by atoms with Crippen molar-refractivity contribution in [2.24, 2.45) is 0 Å². The molecule has 0 aliphatic rings. The van der Waals surface area contributed by atoms with Crippen LogP contribution in [-0.2, 0) is 19.1 Å². The van der Waals surface area contributed by atoms with Crippen molar-refractivity contribution >= 4 is 17.7 Å². The van der Waals surface area contributed by atoms with E-state index in [0.717, 1.165) is 70.6 Å². The lowest BCUT2D eigenvalue weighted by atomic mass is 10.0. The normalized spacial score (nSPS) is 11.8. The van der Waals surface area contributed by atoms with Crippen LogP contribution in [0.3, 0.4) is 0 Å². The van der Waals surface area contributed by atoms with E-state index in [1.165, 1.54) is 0 Å². The van der Waals surface area contributed by atoms with Crippen LogP contribution < -0.4 is 0 Å². The summed E-state index contributed by atoms with van der Waals surface area (Å²) in [7, 11) is 0. The molecule has 1 N–H and O–H groups in total. The molecule has 28 heavy (non-hydrogen) atoms. The number of unbranched alkanes of at least 4 members (excludes halogenated alkanes) is 8. The zero-order valence-electron chi connectivity index (χ0n) is 18.0. The quantitative estimate of drug-likeness (QED) is 0.164. The Morgan fingerprint density at radius 3 is 1.93 bits per heavy atom. The number of ketones is 1. The molecule has 5 heteroatoms. The molecule has 0 fully saturated rings. The van der Waals surface area contributed by atoms with Crippen molar-refractivity contribution < 1.29 is 24.2 Å². The van der Waals surface area contributed by atoms with Crippen molar-refractivity contribution in [2.75, 3.05) is 0 Å². The van der Waals surface area contributed by atoms with Gasteiger partial charge in [-0.05, 0) is 26.2 Å². The molecule has 0 amide bonds. The largest absolute Gasteiger partial charge is 0.481 e. The average molecular weight is 397 g/mol. The minimum atomic E-state index is -0.717. The van der Waals surface area contributed by atoms with Crippen molar-refractivity contribution in [3.8, 4) is 0 Å². The molecule has 0 aliphatic carbocycles. The molecule has 0 bridgehead atoms. The molecule has 0 spiro atoms. The van der Waals surface area contributed by atoms with Gasteiger partial charge in [0.1, 0.15) is 5.78 Å². The van der Waals surface area contributed by atoms with E-state index in [1.807, 2.05) is 6.92 Å². The number of carboxylic acids is 1. The van der Waals surface area contributed by atoms with E-state index in [-0.39, 0.29) is 37.1 Å². The number of Topliss-reactive ketones (excluding diaryl/α,β-unsaturated/α-hetero) is 1. The van der Waals surface area contributed by atoms with Gasteiger partial charge in [0.15, 0.2) is 0 Å². The lowest BCUT2D eigenvalue weighted by Gasteiger charge is -2.13. The second kappa shape index (κ2) is 17.4. The maximum atomic E-state index is 12.0. The third-order valence-electron chi connectivity index (χ3n) is 4.73. The Morgan fingerprint density at radius 1 is 0.857 bits per heavy atom. The Morgan fingerprint density at radius 2 is 1.39 bits per heavy atom. The van der Waals surface area contributed by atoms with E-state index in [2.05, 4.69) is 13.5 Å². The number of esters is 1. The molecule has 0 saturated heterocycles. The number of hydrogen-bond acceptors (Lipinski definition) is 4. The van der Waals surface area contributed by atoms with Crippen LogP contribution in [-0.4, -0.2) is 28.9 Å². The van der Waals surface area contributed by atoms with Crippen molar-refractivity contribution in [1.82, 2.24) is 0 Å². The SMILES string of the molecule is C=C(CC(=O)CCCCCCCCCCC(=O)O)CC(=O)OC(C)CCCC. The first-order valence-electron chi connectivity index (χ1n) is 10.9. The fourth-order valence-electron chi connectivity index (χ4n) is 3.11. The minimum absolute atomic E-state index is 0.0758. The third kappa shape index (κ3) is 17.7. The summed E-state index contributed by atoms with van der Waals surface area (Å²) in [5, 5.41) is 8.56. The Hall–Kier alpha value is -1.65. The summed E-state index contributed by atoms with van der Waals surface area (Å²) in [6, 6.07) is 0. The predicted molar refractivity (Wildman–Crippen MR) is 112 cm³/mol. The van der Waals surface area contributed by atoms with Gasteiger partial charge in [-0.3, -0.25) is 14.4 Å². The number of hydrogen-bond donors (Lipinski definition) is 1.